The summed E-state index contributed by atoms with van der Waals surface area (Å²) in [5.74, 6) is -0.932. The first-order chi connectivity index (χ1) is 11.7. The van der Waals surface area contributed by atoms with Crippen LogP contribution < -0.4 is 5.32 Å². The van der Waals surface area contributed by atoms with Crippen molar-refractivity contribution >= 4 is 23.2 Å². The molecule has 1 aromatic rings. The monoisotopic (exact) mass is 377 g/mol. The van der Waals surface area contributed by atoms with Crippen LogP contribution in [-0.2, 0) is 11.0 Å². The summed E-state index contributed by atoms with van der Waals surface area (Å²) in [4.78, 5) is 13.4. The van der Waals surface area contributed by atoms with Crippen molar-refractivity contribution in [3.05, 3.63) is 40.6 Å². The third kappa shape index (κ3) is 6.26. The van der Waals surface area contributed by atoms with E-state index < -0.39 is 28.2 Å². The number of hydrogen-bond donors (Lipinski definition) is 3. The Bertz CT molecular complexity index is 681. The van der Waals surface area contributed by atoms with E-state index in [0.717, 1.165) is 12.3 Å². The van der Waals surface area contributed by atoms with Crippen LogP contribution in [0, 0.1) is 11.3 Å². The molecule has 0 aliphatic heterocycles. The first-order valence-electron chi connectivity index (χ1n) is 6.98. The first-order valence-corrected chi connectivity index (χ1v) is 7.36. The van der Waals surface area contributed by atoms with Gasteiger partial charge in [0, 0.05) is 25.0 Å². The molecule has 6 nitrogen and oxygen atoms in total. The SMILES string of the molecule is N#C/C(=C/N(CCO)CCO)C(=O)Nc1ccc(Cl)c(C(F)(F)F)c1. The molecule has 0 saturated carbocycles. The molecule has 136 valence electrons. The van der Waals surface area contributed by atoms with E-state index in [-0.39, 0.29) is 32.0 Å². The van der Waals surface area contributed by atoms with Crippen molar-refractivity contribution in [1.82, 2.24) is 4.90 Å². The number of aliphatic hydroxyl groups excluding tert-OH is 2. The van der Waals surface area contributed by atoms with Crippen LogP contribution in [0.15, 0.2) is 30.0 Å². The molecule has 0 unspecified atom stereocenters. The molecule has 10 heteroatoms. The summed E-state index contributed by atoms with van der Waals surface area (Å²) in [6, 6.07) is 4.44. The molecule has 25 heavy (non-hydrogen) atoms. The smallest absolute Gasteiger partial charge is 0.395 e. The van der Waals surface area contributed by atoms with Crippen molar-refractivity contribution in [2.45, 2.75) is 6.18 Å². The zero-order valence-corrected chi connectivity index (χ0v) is 13.6. The summed E-state index contributed by atoms with van der Waals surface area (Å²) in [5.41, 5.74) is -1.69. The summed E-state index contributed by atoms with van der Waals surface area (Å²) in [6.45, 7) is -0.414. The number of amides is 1. The summed E-state index contributed by atoms with van der Waals surface area (Å²) in [5, 5.41) is 28.5. The second-order valence-corrected chi connectivity index (χ2v) is 5.19. The lowest BCUT2D eigenvalue weighted by Crippen LogP contribution is -2.26. The minimum Gasteiger partial charge on any atom is -0.395 e. The topological polar surface area (TPSA) is 96.6 Å². The maximum Gasteiger partial charge on any atom is 0.417 e. The Balaban J connectivity index is 3.01. The average molecular weight is 378 g/mol. The maximum atomic E-state index is 12.8. The molecule has 0 spiro atoms. The Morgan fingerprint density at radius 2 is 1.92 bits per heavy atom. The Morgan fingerprint density at radius 3 is 2.40 bits per heavy atom. The zero-order chi connectivity index (χ0) is 19.0. The number of aliphatic hydroxyl groups is 2. The molecule has 0 saturated heterocycles. The highest BCUT2D eigenvalue weighted by Gasteiger charge is 2.33. The number of benzene rings is 1. The summed E-state index contributed by atoms with van der Waals surface area (Å²) in [7, 11) is 0. The fourth-order valence-electron chi connectivity index (χ4n) is 1.84. The van der Waals surface area contributed by atoms with Crippen LogP contribution in [0.3, 0.4) is 0 Å². The van der Waals surface area contributed by atoms with Crippen LogP contribution in [0.2, 0.25) is 5.02 Å². The number of hydrogen-bond acceptors (Lipinski definition) is 5. The largest absolute Gasteiger partial charge is 0.417 e. The van der Waals surface area contributed by atoms with Gasteiger partial charge in [0.05, 0.1) is 23.8 Å². The van der Waals surface area contributed by atoms with Crippen LogP contribution in [0.5, 0.6) is 0 Å². The van der Waals surface area contributed by atoms with Gasteiger partial charge in [0.1, 0.15) is 11.6 Å². The number of alkyl halides is 3. The van der Waals surface area contributed by atoms with Crippen LogP contribution in [0.1, 0.15) is 5.56 Å². The Kier molecular flexibility index (Phi) is 7.70. The molecular weight excluding hydrogens is 363 g/mol. The highest BCUT2D eigenvalue weighted by molar-refractivity contribution is 6.31. The molecule has 0 bridgehead atoms. The van der Waals surface area contributed by atoms with Gasteiger partial charge in [0.15, 0.2) is 0 Å². The van der Waals surface area contributed by atoms with E-state index >= 15 is 0 Å². The van der Waals surface area contributed by atoms with E-state index in [0.29, 0.717) is 6.07 Å². The van der Waals surface area contributed by atoms with E-state index in [2.05, 4.69) is 5.32 Å². The minimum atomic E-state index is -4.69. The van der Waals surface area contributed by atoms with Crippen LogP contribution >= 0.6 is 11.6 Å². The fraction of sp³-hybridized carbons (Fsp3) is 0.333. The van der Waals surface area contributed by atoms with Gasteiger partial charge < -0.3 is 20.4 Å². The van der Waals surface area contributed by atoms with E-state index in [1.165, 1.54) is 11.0 Å². The van der Waals surface area contributed by atoms with Crippen LogP contribution in [0.25, 0.3) is 0 Å². The number of anilines is 1. The number of carbonyl (C=O) groups is 1. The van der Waals surface area contributed by atoms with Crippen molar-refractivity contribution in [1.29, 1.82) is 5.26 Å². The van der Waals surface area contributed by atoms with Crippen molar-refractivity contribution in [3.63, 3.8) is 0 Å². The second-order valence-electron chi connectivity index (χ2n) is 4.78. The van der Waals surface area contributed by atoms with Gasteiger partial charge in [0.2, 0.25) is 0 Å². The van der Waals surface area contributed by atoms with E-state index in [4.69, 9.17) is 27.1 Å². The molecule has 0 aliphatic rings. The zero-order valence-electron chi connectivity index (χ0n) is 12.8. The van der Waals surface area contributed by atoms with Gasteiger partial charge in [-0.1, -0.05) is 11.6 Å². The van der Waals surface area contributed by atoms with Crippen molar-refractivity contribution in [2.24, 2.45) is 0 Å². The van der Waals surface area contributed by atoms with Gasteiger partial charge in [-0.15, -0.1) is 0 Å². The maximum absolute atomic E-state index is 12.8. The number of nitriles is 1. The molecule has 0 fully saturated rings. The highest BCUT2D eigenvalue weighted by Crippen LogP contribution is 2.36. The number of rotatable bonds is 7. The molecule has 1 amide bonds. The van der Waals surface area contributed by atoms with Crippen molar-refractivity contribution in [3.8, 4) is 6.07 Å². The average Bonchev–Trinajstić information content (AvgIpc) is 2.53. The number of carbonyl (C=O) groups excluding carboxylic acids is 1. The lowest BCUT2D eigenvalue weighted by atomic mass is 10.2. The fourth-order valence-corrected chi connectivity index (χ4v) is 2.06. The molecule has 1 aromatic carbocycles. The van der Waals surface area contributed by atoms with Crippen molar-refractivity contribution in [2.75, 3.05) is 31.6 Å². The Labute approximate surface area is 146 Å². The standard InChI is InChI=1S/C15H15ClF3N3O3/c16-13-2-1-11(7-12(13)15(17,18)19)21-14(25)10(8-20)9-22(3-5-23)4-6-24/h1-2,7,9,23-24H,3-6H2,(H,21,25)/b10-9-. The number of nitrogens with zero attached hydrogens (tertiary/aromatic N) is 2. The van der Waals surface area contributed by atoms with Gasteiger partial charge in [-0.25, -0.2) is 0 Å². The normalized spacial score (nSPS) is 11.8. The van der Waals surface area contributed by atoms with Gasteiger partial charge in [-0.3, -0.25) is 4.79 Å². The predicted molar refractivity (Wildman–Crippen MR) is 84.5 cm³/mol. The third-order valence-corrected chi connectivity index (χ3v) is 3.31. The molecule has 0 aliphatic carbocycles. The summed E-state index contributed by atoms with van der Waals surface area (Å²) < 4.78 is 38.5. The Morgan fingerprint density at radius 1 is 1.32 bits per heavy atom. The van der Waals surface area contributed by atoms with Crippen LogP contribution in [-0.4, -0.2) is 47.3 Å². The number of halogens is 4. The minimum absolute atomic E-state index is 0.0676. The van der Waals surface area contributed by atoms with Gasteiger partial charge in [-0.2, -0.15) is 18.4 Å². The molecule has 0 heterocycles. The Hall–Kier alpha value is -2.28. The molecule has 0 atom stereocenters. The van der Waals surface area contributed by atoms with Crippen LogP contribution in [0.4, 0.5) is 18.9 Å². The highest BCUT2D eigenvalue weighted by atomic mass is 35.5. The number of nitrogens with one attached hydrogen (secondary N) is 1. The van der Waals surface area contributed by atoms with E-state index in [9.17, 15) is 18.0 Å². The predicted octanol–water partition coefficient (Wildman–Crippen LogP) is 1.99. The van der Waals surface area contributed by atoms with E-state index in [1.807, 2.05) is 0 Å². The van der Waals surface area contributed by atoms with Gasteiger partial charge in [-0.05, 0) is 18.2 Å². The third-order valence-electron chi connectivity index (χ3n) is 2.98. The molecular formula is C15H15ClF3N3O3. The van der Waals surface area contributed by atoms with Gasteiger partial charge >= 0.3 is 6.18 Å². The lowest BCUT2D eigenvalue weighted by molar-refractivity contribution is -0.137. The lowest BCUT2D eigenvalue weighted by Gasteiger charge is -2.18. The second kappa shape index (κ2) is 9.27. The summed E-state index contributed by atoms with van der Waals surface area (Å²) in [6.07, 6.45) is -3.58. The summed E-state index contributed by atoms with van der Waals surface area (Å²) >= 11 is 5.50. The molecule has 0 radical (unpaired) electrons. The first kappa shape index (κ1) is 20.8. The van der Waals surface area contributed by atoms with E-state index in [1.54, 1.807) is 6.07 Å². The molecule has 0 aromatic heterocycles. The molecule has 3 N–H and O–H groups in total. The quantitative estimate of drug-likeness (QED) is 0.499. The van der Waals surface area contributed by atoms with Crippen molar-refractivity contribution < 1.29 is 28.2 Å². The van der Waals surface area contributed by atoms with Gasteiger partial charge in [0.25, 0.3) is 5.91 Å². The molecule has 1 rings (SSSR count).